The van der Waals surface area contributed by atoms with E-state index >= 15 is 0 Å². The van der Waals surface area contributed by atoms with Gasteiger partial charge in [-0.05, 0) is 44.8 Å². The van der Waals surface area contributed by atoms with Gasteiger partial charge in [0.05, 0.1) is 6.61 Å². The quantitative estimate of drug-likeness (QED) is 0.699. The van der Waals surface area contributed by atoms with Crippen LogP contribution in [0.15, 0.2) is 0 Å². The SMILES string of the molecule is CCCC1CCN(CCC(CO)NC(C)C)CC1. The maximum Gasteiger partial charge on any atom is 0.0585 e. The third-order valence-electron chi connectivity index (χ3n) is 3.99. The number of aliphatic hydroxyl groups excluding tert-OH is 1. The van der Waals surface area contributed by atoms with Crippen molar-refractivity contribution in [3.05, 3.63) is 0 Å². The number of aliphatic hydroxyl groups is 1. The van der Waals surface area contributed by atoms with E-state index in [2.05, 4.69) is 31.0 Å². The molecule has 1 heterocycles. The number of nitrogens with one attached hydrogen (secondary N) is 1. The van der Waals surface area contributed by atoms with Crippen LogP contribution in [-0.2, 0) is 0 Å². The van der Waals surface area contributed by atoms with E-state index < -0.39 is 0 Å². The molecule has 108 valence electrons. The third-order valence-corrected chi connectivity index (χ3v) is 3.99. The fourth-order valence-corrected chi connectivity index (χ4v) is 2.94. The van der Waals surface area contributed by atoms with Gasteiger partial charge >= 0.3 is 0 Å². The molecule has 1 aliphatic heterocycles. The highest BCUT2D eigenvalue weighted by molar-refractivity contribution is 4.75. The van der Waals surface area contributed by atoms with Crippen LogP contribution in [0.4, 0.5) is 0 Å². The molecular formula is C15H32N2O. The largest absolute Gasteiger partial charge is 0.395 e. The van der Waals surface area contributed by atoms with E-state index in [1.807, 2.05) is 0 Å². The number of likely N-dealkylation sites (tertiary alicyclic amines) is 1. The molecular weight excluding hydrogens is 224 g/mol. The average Bonchev–Trinajstić information content (AvgIpc) is 2.36. The van der Waals surface area contributed by atoms with Crippen LogP contribution >= 0.6 is 0 Å². The van der Waals surface area contributed by atoms with Crippen molar-refractivity contribution >= 4 is 0 Å². The summed E-state index contributed by atoms with van der Waals surface area (Å²) in [6.07, 6.45) is 6.54. The van der Waals surface area contributed by atoms with Gasteiger partial charge in [0.25, 0.3) is 0 Å². The standard InChI is InChI=1S/C15H32N2O/c1-4-5-14-6-9-17(10-7-14)11-8-15(12-18)16-13(2)3/h13-16,18H,4-12H2,1-3H3. The Balaban J connectivity index is 2.16. The molecule has 0 amide bonds. The Hall–Kier alpha value is -0.120. The lowest BCUT2D eigenvalue weighted by Crippen LogP contribution is -2.42. The van der Waals surface area contributed by atoms with Crippen molar-refractivity contribution in [2.24, 2.45) is 5.92 Å². The highest BCUT2D eigenvalue weighted by atomic mass is 16.3. The Kier molecular flexibility index (Phi) is 7.87. The van der Waals surface area contributed by atoms with E-state index in [0.29, 0.717) is 6.04 Å². The molecule has 1 unspecified atom stereocenters. The van der Waals surface area contributed by atoms with Crippen molar-refractivity contribution in [2.45, 2.75) is 65.0 Å². The second-order valence-electron chi connectivity index (χ2n) is 6.06. The van der Waals surface area contributed by atoms with Gasteiger partial charge in [0, 0.05) is 12.1 Å². The van der Waals surface area contributed by atoms with E-state index in [1.165, 1.54) is 38.8 Å². The molecule has 3 nitrogen and oxygen atoms in total. The summed E-state index contributed by atoms with van der Waals surface area (Å²) in [5.41, 5.74) is 0. The zero-order chi connectivity index (χ0) is 13.4. The van der Waals surface area contributed by atoms with Crippen LogP contribution in [0.3, 0.4) is 0 Å². The zero-order valence-corrected chi connectivity index (χ0v) is 12.5. The number of hydrogen-bond donors (Lipinski definition) is 2. The molecule has 0 spiro atoms. The second-order valence-corrected chi connectivity index (χ2v) is 6.06. The van der Waals surface area contributed by atoms with Gasteiger partial charge in [0.2, 0.25) is 0 Å². The van der Waals surface area contributed by atoms with Crippen LogP contribution in [0.2, 0.25) is 0 Å². The van der Waals surface area contributed by atoms with Crippen molar-refractivity contribution in [1.29, 1.82) is 0 Å². The summed E-state index contributed by atoms with van der Waals surface area (Å²) < 4.78 is 0. The van der Waals surface area contributed by atoms with Gasteiger partial charge in [-0.3, -0.25) is 0 Å². The van der Waals surface area contributed by atoms with Crippen molar-refractivity contribution < 1.29 is 5.11 Å². The molecule has 0 aliphatic carbocycles. The average molecular weight is 256 g/mol. The molecule has 2 N–H and O–H groups in total. The summed E-state index contributed by atoms with van der Waals surface area (Å²) in [6.45, 7) is 10.5. The zero-order valence-electron chi connectivity index (χ0n) is 12.5. The summed E-state index contributed by atoms with van der Waals surface area (Å²) in [5, 5.41) is 12.8. The van der Waals surface area contributed by atoms with Crippen molar-refractivity contribution in [3.8, 4) is 0 Å². The number of nitrogens with zero attached hydrogens (tertiary/aromatic N) is 1. The second kappa shape index (κ2) is 8.89. The third kappa shape index (κ3) is 6.17. The van der Waals surface area contributed by atoms with E-state index in [9.17, 15) is 5.11 Å². The van der Waals surface area contributed by atoms with E-state index in [1.54, 1.807) is 0 Å². The normalized spacial score (nSPS) is 20.5. The number of hydrogen-bond acceptors (Lipinski definition) is 3. The summed E-state index contributed by atoms with van der Waals surface area (Å²) in [7, 11) is 0. The Morgan fingerprint density at radius 2 is 1.94 bits per heavy atom. The topological polar surface area (TPSA) is 35.5 Å². The maximum atomic E-state index is 9.34. The van der Waals surface area contributed by atoms with Gasteiger partial charge in [-0.25, -0.2) is 0 Å². The van der Waals surface area contributed by atoms with Crippen molar-refractivity contribution in [3.63, 3.8) is 0 Å². The van der Waals surface area contributed by atoms with Gasteiger partial charge in [-0.2, -0.15) is 0 Å². The van der Waals surface area contributed by atoms with Gasteiger partial charge in [-0.15, -0.1) is 0 Å². The lowest BCUT2D eigenvalue weighted by Gasteiger charge is -2.33. The molecule has 1 atom stereocenters. The molecule has 1 fully saturated rings. The summed E-state index contributed by atoms with van der Waals surface area (Å²) in [4.78, 5) is 2.57. The number of piperidine rings is 1. The molecule has 3 heteroatoms. The first-order valence-corrected chi connectivity index (χ1v) is 7.75. The lowest BCUT2D eigenvalue weighted by atomic mass is 9.92. The smallest absolute Gasteiger partial charge is 0.0585 e. The van der Waals surface area contributed by atoms with E-state index in [-0.39, 0.29) is 12.6 Å². The predicted molar refractivity (Wildman–Crippen MR) is 77.8 cm³/mol. The molecule has 0 bridgehead atoms. The monoisotopic (exact) mass is 256 g/mol. The Bertz CT molecular complexity index is 201. The lowest BCUT2D eigenvalue weighted by molar-refractivity contribution is 0.157. The first-order chi connectivity index (χ1) is 8.65. The molecule has 0 aromatic carbocycles. The highest BCUT2D eigenvalue weighted by Gasteiger charge is 2.19. The first kappa shape index (κ1) is 15.9. The molecule has 18 heavy (non-hydrogen) atoms. The Morgan fingerprint density at radius 3 is 2.44 bits per heavy atom. The molecule has 0 saturated carbocycles. The van der Waals surface area contributed by atoms with Gasteiger partial charge in [-0.1, -0.05) is 33.6 Å². The predicted octanol–water partition coefficient (Wildman–Crippen LogP) is 2.25. The molecule has 0 aromatic rings. The van der Waals surface area contributed by atoms with Crippen LogP contribution in [-0.4, -0.2) is 48.3 Å². The first-order valence-electron chi connectivity index (χ1n) is 7.75. The fraction of sp³-hybridized carbons (Fsp3) is 1.00. The summed E-state index contributed by atoms with van der Waals surface area (Å²) in [5.74, 6) is 0.966. The van der Waals surface area contributed by atoms with Crippen LogP contribution in [0.25, 0.3) is 0 Å². The Labute approximate surface area is 113 Å². The number of rotatable bonds is 8. The van der Waals surface area contributed by atoms with Crippen molar-refractivity contribution in [2.75, 3.05) is 26.2 Å². The Morgan fingerprint density at radius 1 is 1.28 bits per heavy atom. The molecule has 1 aliphatic rings. The maximum absolute atomic E-state index is 9.34. The minimum Gasteiger partial charge on any atom is -0.395 e. The van der Waals surface area contributed by atoms with Crippen LogP contribution in [0.5, 0.6) is 0 Å². The van der Waals surface area contributed by atoms with E-state index in [0.717, 1.165) is 18.9 Å². The van der Waals surface area contributed by atoms with Crippen LogP contribution < -0.4 is 5.32 Å². The molecule has 0 aromatic heterocycles. The summed E-state index contributed by atoms with van der Waals surface area (Å²) >= 11 is 0. The van der Waals surface area contributed by atoms with Gasteiger partial charge in [0.15, 0.2) is 0 Å². The minimum absolute atomic E-state index is 0.254. The van der Waals surface area contributed by atoms with Crippen LogP contribution in [0, 0.1) is 5.92 Å². The fourth-order valence-electron chi connectivity index (χ4n) is 2.94. The van der Waals surface area contributed by atoms with Gasteiger partial charge in [0.1, 0.15) is 0 Å². The minimum atomic E-state index is 0.254. The highest BCUT2D eigenvalue weighted by Crippen LogP contribution is 2.21. The van der Waals surface area contributed by atoms with E-state index in [4.69, 9.17) is 0 Å². The van der Waals surface area contributed by atoms with Crippen molar-refractivity contribution in [1.82, 2.24) is 10.2 Å². The molecule has 1 rings (SSSR count). The molecule has 1 saturated heterocycles. The van der Waals surface area contributed by atoms with Crippen LogP contribution in [0.1, 0.15) is 52.9 Å². The summed E-state index contributed by atoms with van der Waals surface area (Å²) in [6, 6.07) is 0.718. The van der Waals surface area contributed by atoms with Gasteiger partial charge < -0.3 is 15.3 Å². The molecule has 0 radical (unpaired) electrons.